The maximum absolute atomic E-state index is 5.11. The maximum Gasteiger partial charge on any atom is 0.133 e. The fourth-order valence-corrected chi connectivity index (χ4v) is 2.66. The maximum atomic E-state index is 5.11. The van der Waals surface area contributed by atoms with Crippen LogP contribution in [0.2, 0.25) is 0 Å². The van der Waals surface area contributed by atoms with Crippen molar-refractivity contribution in [3.63, 3.8) is 0 Å². The number of hydrogen-bond acceptors (Lipinski definition) is 3. The van der Waals surface area contributed by atoms with Crippen molar-refractivity contribution >= 4 is 49.7 Å². The van der Waals surface area contributed by atoms with Crippen LogP contribution < -0.4 is 5.32 Å². The van der Waals surface area contributed by atoms with Gasteiger partial charge in [0.05, 0.1) is 0 Å². The van der Waals surface area contributed by atoms with Gasteiger partial charge in [0.25, 0.3) is 0 Å². The lowest BCUT2D eigenvalue weighted by molar-refractivity contribution is 0.953. The molecule has 0 unspecified atom stereocenters. The minimum atomic E-state index is 0.823. The molecule has 0 saturated heterocycles. The Balaban J connectivity index is 2.18. The smallest absolute Gasteiger partial charge is 0.133 e. The molecule has 1 heterocycles. The van der Waals surface area contributed by atoms with Crippen LogP contribution in [0.1, 0.15) is 5.56 Å². The van der Waals surface area contributed by atoms with Crippen molar-refractivity contribution in [3.8, 4) is 0 Å². The number of nitrogens with one attached hydrogen (secondary N) is 1. The van der Waals surface area contributed by atoms with Gasteiger partial charge < -0.3 is 5.32 Å². The molecule has 1 aromatic heterocycles. The third kappa shape index (κ3) is 2.51. The van der Waals surface area contributed by atoms with Gasteiger partial charge in [-0.2, -0.15) is 0 Å². The van der Waals surface area contributed by atoms with E-state index in [0.29, 0.717) is 0 Å². The molecule has 0 aliphatic heterocycles. The van der Waals surface area contributed by atoms with Gasteiger partial charge in [-0.1, -0.05) is 30.4 Å². The first-order valence-corrected chi connectivity index (χ1v) is 7.09. The Kier molecular flexibility index (Phi) is 3.61. The average Bonchev–Trinajstić information content (AvgIpc) is 2.69. The molecule has 0 saturated carbocycles. The van der Waals surface area contributed by atoms with Gasteiger partial charge in [-0.05, 0) is 28.7 Å². The largest absolute Gasteiger partial charge is 0.367 e. The van der Waals surface area contributed by atoms with E-state index in [4.69, 9.17) is 12.2 Å². The topological polar surface area (TPSA) is 12.0 Å². The summed E-state index contributed by atoms with van der Waals surface area (Å²) in [7, 11) is 0. The van der Waals surface area contributed by atoms with Crippen LogP contribution in [-0.2, 0) is 6.54 Å². The van der Waals surface area contributed by atoms with Crippen molar-refractivity contribution in [1.29, 1.82) is 0 Å². The summed E-state index contributed by atoms with van der Waals surface area (Å²) in [6, 6.07) is 8.45. The molecule has 1 N–H and O–H groups in total. The summed E-state index contributed by atoms with van der Waals surface area (Å²) in [5.74, 6) is 0. The zero-order valence-electron chi connectivity index (χ0n) is 8.32. The second kappa shape index (κ2) is 4.96. The van der Waals surface area contributed by atoms with Gasteiger partial charge in [0, 0.05) is 11.2 Å². The number of fused-ring (bicyclic) bond motifs is 1. The third-order valence-corrected chi connectivity index (χ3v) is 4.34. The Morgan fingerprint density at radius 2 is 2.27 bits per heavy atom. The van der Waals surface area contributed by atoms with Crippen molar-refractivity contribution in [2.75, 3.05) is 6.26 Å². The first kappa shape index (κ1) is 10.9. The Morgan fingerprint density at radius 3 is 3.07 bits per heavy atom. The van der Waals surface area contributed by atoms with Crippen molar-refractivity contribution in [2.24, 2.45) is 0 Å². The molecule has 0 bridgehead atoms. The van der Waals surface area contributed by atoms with Gasteiger partial charge in [-0.3, -0.25) is 0 Å². The molecular weight excluding hydrogens is 242 g/mol. The Hall–Kier alpha value is -0.580. The first-order valence-electron chi connectivity index (χ1n) is 4.58. The molecule has 0 atom stereocenters. The van der Waals surface area contributed by atoms with E-state index in [1.807, 2.05) is 6.26 Å². The highest BCUT2D eigenvalue weighted by Crippen LogP contribution is 2.25. The van der Waals surface area contributed by atoms with Crippen molar-refractivity contribution in [3.05, 3.63) is 35.2 Å². The molecule has 0 spiro atoms. The zero-order chi connectivity index (χ0) is 10.7. The fraction of sp³-hybridized carbons (Fsp3) is 0.182. The van der Waals surface area contributed by atoms with Crippen LogP contribution in [0.25, 0.3) is 10.1 Å². The van der Waals surface area contributed by atoms with E-state index in [1.54, 1.807) is 23.1 Å². The average molecular weight is 253 g/mol. The van der Waals surface area contributed by atoms with Crippen LogP contribution in [-0.4, -0.2) is 10.6 Å². The molecule has 78 valence electrons. The second-order valence-corrected chi connectivity index (χ2v) is 5.50. The molecule has 2 aromatic rings. The van der Waals surface area contributed by atoms with Gasteiger partial charge in [-0.15, -0.1) is 23.1 Å². The van der Waals surface area contributed by atoms with Crippen molar-refractivity contribution < 1.29 is 0 Å². The van der Waals surface area contributed by atoms with Crippen LogP contribution in [0.4, 0.5) is 0 Å². The molecule has 15 heavy (non-hydrogen) atoms. The molecule has 2 rings (SSSR count). The summed E-state index contributed by atoms with van der Waals surface area (Å²) in [6.07, 6.45) is 1.99. The molecule has 1 nitrogen and oxygen atoms in total. The molecular formula is C11H11NS3. The number of hydrogen-bond donors (Lipinski definition) is 1. The number of thiophene rings is 1. The highest BCUT2D eigenvalue weighted by Gasteiger charge is 2.02. The highest BCUT2D eigenvalue weighted by molar-refractivity contribution is 8.22. The molecule has 0 amide bonds. The lowest BCUT2D eigenvalue weighted by atomic mass is 10.2. The van der Waals surface area contributed by atoms with Gasteiger partial charge in [0.1, 0.15) is 4.32 Å². The number of thiocarbonyl (C=S) groups is 1. The van der Waals surface area contributed by atoms with Gasteiger partial charge in [0.15, 0.2) is 0 Å². The standard InChI is InChI=1S/C11H11NS3/c1-14-11(13)12-6-8-7-15-10-5-3-2-4-9(8)10/h2-5,7H,6H2,1H3,(H,12,13). The molecule has 0 aliphatic carbocycles. The van der Waals surface area contributed by atoms with Gasteiger partial charge >= 0.3 is 0 Å². The van der Waals surface area contributed by atoms with Crippen LogP contribution in [0.15, 0.2) is 29.6 Å². The first-order chi connectivity index (χ1) is 7.31. The number of benzene rings is 1. The summed E-state index contributed by atoms with van der Waals surface area (Å²) < 4.78 is 2.19. The van der Waals surface area contributed by atoms with Gasteiger partial charge in [-0.25, -0.2) is 0 Å². The Bertz CT molecular complexity index is 475. The fourth-order valence-electron chi connectivity index (χ4n) is 1.41. The Labute approximate surface area is 103 Å². The minimum Gasteiger partial charge on any atom is -0.367 e. The second-order valence-electron chi connectivity index (χ2n) is 3.10. The minimum absolute atomic E-state index is 0.823. The van der Waals surface area contributed by atoms with Crippen molar-refractivity contribution in [1.82, 2.24) is 5.32 Å². The summed E-state index contributed by atoms with van der Waals surface area (Å²) in [6.45, 7) is 0.823. The molecule has 4 heteroatoms. The van der Waals surface area contributed by atoms with Gasteiger partial charge in [0.2, 0.25) is 0 Å². The quantitative estimate of drug-likeness (QED) is 0.821. The van der Waals surface area contributed by atoms with E-state index >= 15 is 0 Å². The molecule has 1 aromatic carbocycles. The van der Waals surface area contributed by atoms with E-state index in [0.717, 1.165) is 10.9 Å². The normalized spacial score (nSPS) is 10.5. The van der Waals surface area contributed by atoms with E-state index in [2.05, 4.69) is 35.0 Å². The summed E-state index contributed by atoms with van der Waals surface area (Å²) in [5, 5.41) is 6.76. The summed E-state index contributed by atoms with van der Waals surface area (Å²) in [4.78, 5) is 0. The molecule has 0 radical (unpaired) electrons. The van der Waals surface area contributed by atoms with E-state index in [9.17, 15) is 0 Å². The lowest BCUT2D eigenvalue weighted by Gasteiger charge is -2.03. The molecule has 0 fully saturated rings. The predicted molar refractivity (Wildman–Crippen MR) is 74.8 cm³/mol. The predicted octanol–water partition coefficient (Wildman–Crippen LogP) is 3.64. The van der Waals surface area contributed by atoms with Crippen molar-refractivity contribution in [2.45, 2.75) is 6.54 Å². The van der Waals surface area contributed by atoms with Crippen LogP contribution in [0.5, 0.6) is 0 Å². The van der Waals surface area contributed by atoms with E-state index < -0.39 is 0 Å². The number of thioether (sulfide) groups is 1. The van der Waals surface area contributed by atoms with Crippen LogP contribution >= 0.6 is 35.3 Å². The summed E-state index contributed by atoms with van der Waals surface area (Å²) in [5.41, 5.74) is 1.33. The SMILES string of the molecule is CSC(=S)NCc1csc2ccccc12. The molecule has 0 aliphatic rings. The third-order valence-electron chi connectivity index (χ3n) is 2.17. The zero-order valence-corrected chi connectivity index (χ0v) is 10.8. The van der Waals surface area contributed by atoms with E-state index in [-0.39, 0.29) is 0 Å². The van der Waals surface area contributed by atoms with Crippen LogP contribution in [0, 0.1) is 0 Å². The Morgan fingerprint density at radius 1 is 1.47 bits per heavy atom. The van der Waals surface area contributed by atoms with E-state index in [1.165, 1.54) is 15.6 Å². The highest BCUT2D eigenvalue weighted by atomic mass is 32.2. The monoisotopic (exact) mass is 253 g/mol. The lowest BCUT2D eigenvalue weighted by Crippen LogP contribution is -2.16. The van der Waals surface area contributed by atoms with Crippen LogP contribution in [0.3, 0.4) is 0 Å². The number of rotatable bonds is 2. The summed E-state index contributed by atoms with van der Waals surface area (Å²) >= 11 is 8.47.